The van der Waals surface area contributed by atoms with Gasteiger partial charge in [0.2, 0.25) is 0 Å². The maximum atomic E-state index is 5.42. The molecule has 0 radical (unpaired) electrons. The Balaban J connectivity index is 3.37. The van der Waals surface area contributed by atoms with E-state index in [1.807, 2.05) is 6.92 Å². The Morgan fingerprint density at radius 1 is 1.17 bits per heavy atom. The first-order chi connectivity index (χ1) is 5.74. The van der Waals surface area contributed by atoms with Crippen LogP contribution in [0.1, 0.15) is 40.5 Å². The summed E-state index contributed by atoms with van der Waals surface area (Å²) in [5.74, 6) is 0. The lowest BCUT2D eigenvalue weighted by molar-refractivity contribution is 0.0737. The topological polar surface area (TPSA) is 21.3 Å². The fraction of sp³-hybridized carbons (Fsp3) is 1.00. The lowest BCUT2D eigenvalue weighted by Gasteiger charge is -2.18. The van der Waals surface area contributed by atoms with E-state index in [-0.39, 0.29) is 0 Å². The summed E-state index contributed by atoms with van der Waals surface area (Å²) in [6.45, 7) is 10.4. The summed E-state index contributed by atoms with van der Waals surface area (Å²) >= 11 is 0. The smallest absolute Gasteiger partial charge is 0.0671 e. The van der Waals surface area contributed by atoms with E-state index in [0.717, 1.165) is 13.2 Å². The second-order valence-electron chi connectivity index (χ2n) is 3.19. The predicted molar refractivity (Wildman–Crippen MR) is 53.5 cm³/mol. The molecule has 1 unspecified atom stereocenters. The summed E-state index contributed by atoms with van der Waals surface area (Å²) in [6, 6.07) is 0.660. The van der Waals surface area contributed by atoms with Crippen LogP contribution in [-0.4, -0.2) is 25.3 Å². The van der Waals surface area contributed by atoms with Crippen molar-refractivity contribution in [3.8, 4) is 0 Å². The minimum absolute atomic E-state index is 0.343. The van der Waals surface area contributed by atoms with Gasteiger partial charge in [-0.15, -0.1) is 0 Å². The zero-order valence-electron chi connectivity index (χ0n) is 8.89. The Hall–Kier alpha value is -0.0800. The van der Waals surface area contributed by atoms with Crippen LogP contribution in [-0.2, 0) is 4.74 Å². The van der Waals surface area contributed by atoms with Crippen LogP contribution in [0.3, 0.4) is 0 Å². The van der Waals surface area contributed by atoms with Crippen molar-refractivity contribution in [2.45, 2.75) is 52.7 Å². The zero-order valence-corrected chi connectivity index (χ0v) is 8.89. The third-order valence-electron chi connectivity index (χ3n) is 2.13. The molecule has 0 fully saturated rings. The van der Waals surface area contributed by atoms with Gasteiger partial charge in [-0.05, 0) is 26.7 Å². The van der Waals surface area contributed by atoms with Gasteiger partial charge in [0, 0.05) is 19.2 Å². The highest BCUT2D eigenvalue weighted by Gasteiger charge is 2.05. The van der Waals surface area contributed by atoms with Crippen molar-refractivity contribution >= 4 is 0 Å². The monoisotopic (exact) mass is 173 g/mol. The fourth-order valence-corrected chi connectivity index (χ4v) is 1.25. The van der Waals surface area contributed by atoms with Gasteiger partial charge in [-0.1, -0.05) is 13.8 Å². The second-order valence-corrected chi connectivity index (χ2v) is 3.19. The molecule has 2 nitrogen and oxygen atoms in total. The molecule has 1 atom stereocenters. The van der Waals surface area contributed by atoms with E-state index in [0.29, 0.717) is 12.1 Å². The Labute approximate surface area is 76.7 Å². The Morgan fingerprint density at radius 3 is 2.17 bits per heavy atom. The lowest BCUT2D eigenvalue weighted by Crippen LogP contribution is -2.34. The molecule has 0 aromatic carbocycles. The molecule has 0 aromatic rings. The van der Waals surface area contributed by atoms with Crippen molar-refractivity contribution in [3.05, 3.63) is 0 Å². The molecule has 1 N–H and O–H groups in total. The van der Waals surface area contributed by atoms with E-state index in [4.69, 9.17) is 4.74 Å². The standard InChI is InChI=1S/C10H23NO/c1-5-10(6-2)11-8-9(4)12-7-3/h9-11H,5-8H2,1-4H3. The highest BCUT2D eigenvalue weighted by molar-refractivity contribution is 4.64. The number of nitrogens with one attached hydrogen (secondary N) is 1. The van der Waals surface area contributed by atoms with Crippen molar-refractivity contribution in [2.24, 2.45) is 0 Å². The summed E-state index contributed by atoms with van der Waals surface area (Å²) in [4.78, 5) is 0. The summed E-state index contributed by atoms with van der Waals surface area (Å²) < 4.78 is 5.42. The van der Waals surface area contributed by atoms with Crippen LogP contribution in [0.4, 0.5) is 0 Å². The van der Waals surface area contributed by atoms with Crippen molar-refractivity contribution in [1.29, 1.82) is 0 Å². The molecule has 0 aliphatic heterocycles. The summed E-state index contributed by atoms with van der Waals surface area (Å²) in [5.41, 5.74) is 0. The van der Waals surface area contributed by atoms with Crippen molar-refractivity contribution in [1.82, 2.24) is 5.32 Å². The fourth-order valence-electron chi connectivity index (χ4n) is 1.25. The first-order valence-corrected chi connectivity index (χ1v) is 5.09. The molecular weight excluding hydrogens is 150 g/mol. The molecule has 0 saturated carbocycles. The van der Waals surface area contributed by atoms with Crippen molar-refractivity contribution in [2.75, 3.05) is 13.2 Å². The lowest BCUT2D eigenvalue weighted by atomic mass is 10.1. The molecular formula is C10H23NO. The molecule has 0 heterocycles. The second kappa shape index (κ2) is 7.56. The van der Waals surface area contributed by atoms with E-state index in [2.05, 4.69) is 26.1 Å². The van der Waals surface area contributed by atoms with Gasteiger partial charge in [-0.2, -0.15) is 0 Å². The average molecular weight is 173 g/mol. The van der Waals surface area contributed by atoms with E-state index in [9.17, 15) is 0 Å². The molecule has 0 saturated heterocycles. The van der Waals surface area contributed by atoms with Gasteiger partial charge in [0.25, 0.3) is 0 Å². The van der Waals surface area contributed by atoms with Crippen LogP contribution in [0, 0.1) is 0 Å². The largest absolute Gasteiger partial charge is 0.377 e. The van der Waals surface area contributed by atoms with E-state index < -0.39 is 0 Å². The predicted octanol–water partition coefficient (Wildman–Crippen LogP) is 2.19. The molecule has 0 rings (SSSR count). The van der Waals surface area contributed by atoms with Gasteiger partial charge in [-0.25, -0.2) is 0 Å². The highest BCUT2D eigenvalue weighted by Crippen LogP contribution is 1.97. The molecule has 0 amide bonds. The highest BCUT2D eigenvalue weighted by atomic mass is 16.5. The minimum Gasteiger partial charge on any atom is -0.377 e. The maximum absolute atomic E-state index is 5.42. The molecule has 0 aromatic heterocycles. The molecule has 0 spiro atoms. The van der Waals surface area contributed by atoms with Crippen molar-refractivity contribution in [3.63, 3.8) is 0 Å². The van der Waals surface area contributed by atoms with Crippen molar-refractivity contribution < 1.29 is 4.74 Å². The van der Waals surface area contributed by atoms with Crippen LogP contribution in [0.5, 0.6) is 0 Å². The third kappa shape index (κ3) is 5.56. The van der Waals surface area contributed by atoms with E-state index >= 15 is 0 Å². The maximum Gasteiger partial charge on any atom is 0.0671 e. The van der Waals surface area contributed by atoms with Crippen LogP contribution in [0.25, 0.3) is 0 Å². The van der Waals surface area contributed by atoms with Crippen LogP contribution in [0.2, 0.25) is 0 Å². The number of rotatable bonds is 7. The van der Waals surface area contributed by atoms with Gasteiger partial charge in [0.15, 0.2) is 0 Å². The number of hydrogen-bond donors (Lipinski definition) is 1. The Kier molecular flexibility index (Phi) is 7.51. The van der Waals surface area contributed by atoms with Gasteiger partial charge in [0.05, 0.1) is 6.10 Å². The van der Waals surface area contributed by atoms with Gasteiger partial charge < -0.3 is 10.1 Å². The van der Waals surface area contributed by atoms with Crippen LogP contribution in [0.15, 0.2) is 0 Å². The SMILES string of the molecule is CCOC(C)CNC(CC)CC. The molecule has 0 aliphatic rings. The normalized spacial score (nSPS) is 13.8. The summed E-state index contributed by atoms with van der Waals surface area (Å²) in [7, 11) is 0. The zero-order chi connectivity index (χ0) is 9.40. The minimum atomic E-state index is 0.343. The molecule has 0 bridgehead atoms. The van der Waals surface area contributed by atoms with E-state index in [1.54, 1.807) is 0 Å². The molecule has 0 aliphatic carbocycles. The van der Waals surface area contributed by atoms with Crippen LogP contribution >= 0.6 is 0 Å². The van der Waals surface area contributed by atoms with Gasteiger partial charge >= 0.3 is 0 Å². The number of ether oxygens (including phenoxy) is 1. The number of hydrogen-bond acceptors (Lipinski definition) is 2. The first kappa shape index (κ1) is 11.9. The average Bonchev–Trinajstić information content (AvgIpc) is 2.07. The Morgan fingerprint density at radius 2 is 1.75 bits per heavy atom. The van der Waals surface area contributed by atoms with E-state index in [1.165, 1.54) is 12.8 Å². The third-order valence-corrected chi connectivity index (χ3v) is 2.13. The van der Waals surface area contributed by atoms with Gasteiger partial charge in [0.1, 0.15) is 0 Å². The summed E-state index contributed by atoms with van der Waals surface area (Å²) in [6.07, 6.45) is 2.75. The quantitative estimate of drug-likeness (QED) is 0.637. The Bertz CT molecular complexity index is 91.8. The molecule has 12 heavy (non-hydrogen) atoms. The van der Waals surface area contributed by atoms with Crippen LogP contribution < -0.4 is 5.32 Å². The first-order valence-electron chi connectivity index (χ1n) is 5.09. The molecule has 2 heteroatoms. The summed E-state index contributed by atoms with van der Waals surface area (Å²) in [5, 5.41) is 3.48. The van der Waals surface area contributed by atoms with Gasteiger partial charge in [-0.3, -0.25) is 0 Å². The molecule has 74 valence electrons.